The minimum atomic E-state index is -3.37. The van der Waals surface area contributed by atoms with Gasteiger partial charge < -0.3 is 9.64 Å². The number of likely N-dealkylation sites (tertiary alicyclic amines) is 1. The molecule has 1 saturated heterocycles. The lowest BCUT2D eigenvalue weighted by molar-refractivity contribution is 0.0680. The Morgan fingerprint density at radius 3 is 2.43 bits per heavy atom. The highest BCUT2D eigenvalue weighted by molar-refractivity contribution is 7.90. The van der Waals surface area contributed by atoms with Gasteiger partial charge in [-0.25, -0.2) is 8.42 Å². The van der Waals surface area contributed by atoms with E-state index in [-0.39, 0.29) is 16.8 Å². The Morgan fingerprint density at radius 1 is 1.07 bits per heavy atom. The van der Waals surface area contributed by atoms with Gasteiger partial charge in [-0.1, -0.05) is 31.0 Å². The smallest absolute Gasteiger partial charge is 0.254 e. The van der Waals surface area contributed by atoms with E-state index in [4.69, 9.17) is 4.74 Å². The molecule has 0 spiro atoms. The second-order valence-corrected chi connectivity index (χ2v) is 9.40. The number of benzene rings is 2. The van der Waals surface area contributed by atoms with Crippen LogP contribution in [0.3, 0.4) is 0 Å². The zero-order chi connectivity index (χ0) is 20.3. The molecule has 0 aromatic heterocycles. The Hall–Kier alpha value is -2.34. The van der Waals surface area contributed by atoms with Crippen molar-refractivity contribution in [2.45, 2.75) is 43.5 Å². The van der Waals surface area contributed by atoms with E-state index < -0.39 is 9.84 Å². The van der Waals surface area contributed by atoms with E-state index >= 15 is 0 Å². The number of sulfone groups is 1. The third-order valence-electron chi connectivity index (χ3n) is 5.38. The van der Waals surface area contributed by atoms with Crippen LogP contribution in [0.15, 0.2) is 47.4 Å². The maximum atomic E-state index is 13.5. The van der Waals surface area contributed by atoms with Gasteiger partial charge in [0.2, 0.25) is 0 Å². The van der Waals surface area contributed by atoms with Crippen molar-refractivity contribution >= 4 is 15.7 Å². The van der Waals surface area contributed by atoms with Crippen LogP contribution in [0.25, 0.3) is 0 Å². The van der Waals surface area contributed by atoms with Crippen LogP contribution in [0, 0.1) is 6.92 Å². The van der Waals surface area contributed by atoms with Gasteiger partial charge in [0.15, 0.2) is 9.84 Å². The number of carbonyl (C=O) groups excluding carboxylic acids is 1. The van der Waals surface area contributed by atoms with E-state index in [2.05, 4.69) is 0 Å². The fourth-order valence-corrected chi connectivity index (χ4v) is 4.39. The molecular weight excluding hydrogens is 374 g/mol. The average Bonchev–Trinajstić information content (AvgIpc) is 2.93. The number of aryl methyl sites for hydroxylation is 1. The summed E-state index contributed by atoms with van der Waals surface area (Å²) in [7, 11) is -1.74. The van der Waals surface area contributed by atoms with Gasteiger partial charge in [0.1, 0.15) is 5.75 Å². The van der Waals surface area contributed by atoms with Crippen LogP contribution in [0.1, 0.15) is 53.2 Å². The third-order valence-corrected chi connectivity index (χ3v) is 6.49. The number of rotatable bonds is 4. The zero-order valence-electron chi connectivity index (χ0n) is 16.6. The second kappa shape index (κ2) is 8.35. The Labute approximate surface area is 167 Å². The molecule has 2 aromatic carbocycles. The molecule has 0 bridgehead atoms. The highest BCUT2D eigenvalue weighted by atomic mass is 32.2. The maximum absolute atomic E-state index is 13.5. The van der Waals surface area contributed by atoms with E-state index in [1.54, 1.807) is 19.2 Å². The van der Waals surface area contributed by atoms with Crippen LogP contribution >= 0.6 is 0 Å². The molecule has 28 heavy (non-hydrogen) atoms. The SMILES string of the molecule is COc1ccc([C@@H]2CCCCCN2C(=O)c2cc(S(C)(=O)=O)ccc2C)cc1. The molecule has 0 radical (unpaired) electrons. The summed E-state index contributed by atoms with van der Waals surface area (Å²) in [6.45, 7) is 2.51. The molecule has 1 aliphatic rings. The molecule has 0 saturated carbocycles. The fraction of sp³-hybridized carbons (Fsp3) is 0.409. The first-order valence-corrected chi connectivity index (χ1v) is 11.5. The van der Waals surface area contributed by atoms with Gasteiger partial charge >= 0.3 is 0 Å². The first-order valence-electron chi connectivity index (χ1n) is 9.57. The summed E-state index contributed by atoms with van der Waals surface area (Å²) < 4.78 is 29.2. The van der Waals surface area contributed by atoms with Gasteiger partial charge in [-0.15, -0.1) is 0 Å². The molecule has 1 fully saturated rings. The fourth-order valence-electron chi connectivity index (χ4n) is 3.74. The highest BCUT2D eigenvalue weighted by Gasteiger charge is 2.29. The molecule has 1 heterocycles. The Balaban J connectivity index is 1.99. The molecule has 3 rings (SSSR count). The van der Waals surface area contributed by atoms with E-state index in [0.29, 0.717) is 12.1 Å². The summed E-state index contributed by atoms with van der Waals surface area (Å²) >= 11 is 0. The minimum absolute atomic E-state index is 0.0257. The molecule has 6 heteroatoms. The molecule has 1 aliphatic heterocycles. The van der Waals surface area contributed by atoms with Crippen molar-refractivity contribution < 1.29 is 17.9 Å². The number of methoxy groups -OCH3 is 1. The van der Waals surface area contributed by atoms with Gasteiger partial charge in [-0.05, 0) is 55.2 Å². The van der Waals surface area contributed by atoms with Crippen LogP contribution in [0.2, 0.25) is 0 Å². The summed E-state index contributed by atoms with van der Waals surface area (Å²) in [6, 6.07) is 12.6. The van der Waals surface area contributed by atoms with Crippen molar-refractivity contribution in [2.75, 3.05) is 19.9 Å². The summed E-state index contributed by atoms with van der Waals surface area (Å²) in [5.74, 6) is 0.678. The molecule has 150 valence electrons. The quantitative estimate of drug-likeness (QED) is 0.772. The predicted octanol–water partition coefficient (Wildman–Crippen LogP) is 4.16. The number of ether oxygens (including phenoxy) is 1. The lowest BCUT2D eigenvalue weighted by Crippen LogP contribution is -2.35. The minimum Gasteiger partial charge on any atom is -0.497 e. The van der Waals surface area contributed by atoms with E-state index in [9.17, 15) is 13.2 Å². The van der Waals surface area contributed by atoms with Crippen molar-refractivity contribution in [3.05, 3.63) is 59.2 Å². The standard InChI is InChI=1S/C22H27NO4S/c1-16-8-13-19(28(3,25)26)15-20(16)22(24)23-14-6-4-5-7-21(23)17-9-11-18(27-2)12-10-17/h8-13,15,21H,4-7,14H2,1-3H3/t21-/m0/s1. The van der Waals surface area contributed by atoms with Crippen molar-refractivity contribution in [3.8, 4) is 5.75 Å². The molecule has 0 aliphatic carbocycles. The topological polar surface area (TPSA) is 63.7 Å². The van der Waals surface area contributed by atoms with Gasteiger partial charge in [0, 0.05) is 18.4 Å². The maximum Gasteiger partial charge on any atom is 0.254 e. The monoisotopic (exact) mass is 401 g/mol. The molecule has 1 amide bonds. The normalized spacial score (nSPS) is 17.8. The van der Waals surface area contributed by atoms with Crippen LogP contribution in [0.4, 0.5) is 0 Å². The number of hydrogen-bond acceptors (Lipinski definition) is 4. The second-order valence-electron chi connectivity index (χ2n) is 7.39. The molecule has 5 nitrogen and oxygen atoms in total. The molecule has 2 aromatic rings. The van der Waals surface area contributed by atoms with Gasteiger partial charge in [-0.2, -0.15) is 0 Å². The van der Waals surface area contributed by atoms with E-state index in [1.807, 2.05) is 36.1 Å². The lowest BCUT2D eigenvalue weighted by Gasteiger charge is -2.31. The Bertz CT molecular complexity index is 951. The Kier molecular flexibility index (Phi) is 6.08. The predicted molar refractivity (Wildman–Crippen MR) is 110 cm³/mol. The van der Waals surface area contributed by atoms with E-state index in [0.717, 1.165) is 48.8 Å². The molecule has 0 unspecified atom stereocenters. The largest absolute Gasteiger partial charge is 0.497 e. The van der Waals surface area contributed by atoms with Gasteiger partial charge in [0.05, 0.1) is 18.0 Å². The van der Waals surface area contributed by atoms with Crippen LogP contribution in [0.5, 0.6) is 5.75 Å². The lowest BCUT2D eigenvalue weighted by atomic mass is 9.99. The first-order chi connectivity index (χ1) is 13.3. The number of amides is 1. The van der Waals surface area contributed by atoms with Gasteiger partial charge in [-0.3, -0.25) is 4.79 Å². The molecule has 0 N–H and O–H groups in total. The summed E-state index contributed by atoms with van der Waals surface area (Å²) in [4.78, 5) is 15.5. The zero-order valence-corrected chi connectivity index (χ0v) is 17.5. The first kappa shape index (κ1) is 20.4. The average molecular weight is 402 g/mol. The number of carbonyl (C=O) groups is 1. The third kappa shape index (κ3) is 4.38. The summed E-state index contributed by atoms with van der Waals surface area (Å²) in [6.07, 6.45) is 5.14. The van der Waals surface area contributed by atoms with Gasteiger partial charge in [0.25, 0.3) is 5.91 Å². The molecule has 1 atom stereocenters. The summed E-state index contributed by atoms with van der Waals surface area (Å²) in [5, 5.41) is 0. The van der Waals surface area contributed by atoms with Crippen LogP contribution < -0.4 is 4.74 Å². The number of nitrogens with zero attached hydrogens (tertiary/aromatic N) is 1. The van der Waals surface area contributed by atoms with Crippen molar-refractivity contribution in [1.29, 1.82) is 0 Å². The molecular formula is C22H27NO4S. The van der Waals surface area contributed by atoms with Crippen LogP contribution in [-0.4, -0.2) is 39.1 Å². The van der Waals surface area contributed by atoms with E-state index in [1.165, 1.54) is 6.07 Å². The van der Waals surface area contributed by atoms with Crippen molar-refractivity contribution in [3.63, 3.8) is 0 Å². The Morgan fingerprint density at radius 2 is 1.79 bits per heavy atom. The van der Waals surface area contributed by atoms with Crippen molar-refractivity contribution in [1.82, 2.24) is 4.90 Å². The number of hydrogen-bond donors (Lipinski definition) is 0. The van der Waals surface area contributed by atoms with Crippen molar-refractivity contribution in [2.24, 2.45) is 0 Å². The summed E-state index contributed by atoms with van der Waals surface area (Å²) in [5.41, 5.74) is 2.33. The highest BCUT2D eigenvalue weighted by Crippen LogP contribution is 2.33. The van der Waals surface area contributed by atoms with Crippen LogP contribution in [-0.2, 0) is 9.84 Å².